The van der Waals surface area contributed by atoms with Gasteiger partial charge in [0, 0.05) is 6.54 Å². The number of rotatable bonds is 4. The monoisotopic (exact) mass is 243 g/mol. The fourth-order valence-corrected chi connectivity index (χ4v) is 1.75. The van der Waals surface area contributed by atoms with Crippen LogP contribution in [0.25, 0.3) is 0 Å². The largest absolute Gasteiger partial charge is 0.495 e. The minimum atomic E-state index is -0.0482. The predicted octanol–water partition coefficient (Wildman–Crippen LogP) is 1.30. The van der Waals surface area contributed by atoms with Crippen LogP contribution in [-0.4, -0.2) is 21.8 Å². The van der Waals surface area contributed by atoms with Crippen molar-refractivity contribution in [2.75, 3.05) is 7.11 Å². The Balaban J connectivity index is 2.28. The van der Waals surface area contributed by atoms with Crippen LogP contribution in [0.3, 0.4) is 0 Å². The zero-order valence-electron chi connectivity index (χ0n) is 10.00. The van der Waals surface area contributed by atoms with Crippen LogP contribution in [0.15, 0.2) is 30.7 Å². The quantitative estimate of drug-likeness (QED) is 0.878. The van der Waals surface area contributed by atoms with Gasteiger partial charge in [0.25, 0.3) is 0 Å². The van der Waals surface area contributed by atoms with Gasteiger partial charge in [-0.25, -0.2) is 4.98 Å². The lowest BCUT2D eigenvalue weighted by Crippen LogP contribution is -2.03. The summed E-state index contributed by atoms with van der Waals surface area (Å²) in [6.45, 7) is 0.533. The van der Waals surface area contributed by atoms with Gasteiger partial charge in [-0.15, -0.1) is 0 Å². The first-order chi connectivity index (χ1) is 8.78. The van der Waals surface area contributed by atoms with Crippen LogP contribution in [0.2, 0.25) is 0 Å². The van der Waals surface area contributed by atoms with E-state index in [1.807, 2.05) is 16.7 Å². The van der Waals surface area contributed by atoms with Crippen molar-refractivity contribution >= 4 is 0 Å². The van der Waals surface area contributed by atoms with Crippen LogP contribution in [0, 0.1) is 11.3 Å². The molecule has 0 radical (unpaired) electrons. The summed E-state index contributed by atoms with van der Waals surface area (Å²) in [6, 6.07) is 7.48. The molecule has 0 spiro atoms. The molecule has 18 heavy (non-hydrogen) atoms. The molecule has 1 aromatic heterocycles. The SMILES string of the molecule is COc1cc(Cn2cncc2CO)ccc1C#N. The minimum absolute atomic E-state index is 0.0482. The number of hydrogen-bond acceptors (Lipinski definition) is 4. The van der Waals surface area contributed by atoms with Crippen LogP contribution < -0.4 is 4.74 Å². The molecule has 5 nitrogen and oxygen atoms in total. The highest BCUT2D eigenvalue weighted by Crippen LogP contribution is 2.20. The van der Waals surface area contributed by atoms with Gasteiger partial charge in [-0.05, 0) is 17.7 Å². The number of nitriles is 1. The van der Waals surface area contributed by atoms with Crippen molar-refractivity contribution in [3.8, 4) is 11.8 Å². The molecule has 0 aliphatic carbocycles. The van der Waals surface area contributed by atoms with E-state index in [4.69, 9.17) is 15.1 Å². The van der Waals surface area contributed by atoms with Gasteiger partial charge in [-0.3, -0.25) is 0 Å². The average molecular weight is 243 g/mol. The summed E-state index contributed by atoms with van der Waals surface area (Å²) >= 11 is 0. The standard InChI is InChI=1S/C13H13N3O2/c1-18-13-4-10(2-3-11(13)5-14)7-16-9-15-6-12(16)8-17/h2-4,6,9,17H,7-8H2,1H3. The topological polar surface area (TPSA) is 71.1 Å². The van der Waals surface area contributed by atoms with Gasteiger partial charge in [-0.2, -0.15) is 5.26 Å². The number of benzene rings is 1. The number of nitrogens with zero attached hydrogens (tertiary/aromatic N) is 3. The number of aliphatic hydroxyl groups excluding tert-OH is 1. The van der Waals surface area contributed by atoms with Crippen molar-refractivity contribution in [2.24, 2.45) is 0 Å². The fourth-order valence-electron chi connectivity index (χ4n) is 1.75. The first kappa shape index (κ1) is 12.1. The van der Waals surface area contributed by atoms with E-state index in [1.54, 1.807) is 18.6 Å². The maximum atomic E-state index is 9.14. The molecule has 5 heteroatoms. The molecule has 1 aromatic carbocycles. The Bertz CT molecular complexity index is 584. The van der Waals surface area contributed by atoms with E-state index in [-0.39, 0.29) is 6.61 Å². The highest BCUT2D eigenvalue weighted by atomic mass is 16.5. The van der Waals surface area contributed by atoms with Gasteiger partial charge >= 0.3 is 0 Å². The van der Waals surface area contributed by atoms with E-state index in [2.05, 4.69) is 11.1 Å². The van der Waals surface area contributed by atoms with Gasteiger partial charge in [0.1, 0.15) is 11.8 Å². The molecule has 0 saturated carbocycles. The highest BCUT2D eigenvalue weighted by Gasteiger charge is 2.06. The second-order valence-corrected chi connectivity index (χ2v) is 3.82. The molecule has 0 aliphatic rings. The zero-order chi connectivity index (χ0) is 13.0. The second kappa shape index (κ2) is 5.34. The summed E-state index contributed by atoms with van der Waals surface area (Å²) < 4.78 is 7.00. The summed E-state index contributed by atoms with van der Waals surface area (Å²) in [5.41, 5.74) is 2.24. The number of ether oxygens (including phenoxy) is 1. The first-order valence-corrected chi connectivity index (χ1v) is 5.45. The summed E-state index contributed by atoms with van der Waals surface area (Å²) in [6.07, 6.45) is 3.29. The van der Waals surface area contributed by atoms with Gasteiger partial charge in [0.2, 0.25) is 0 Å². The third-order valence-corrected chi connectivity index (χ3v) is 2.70. The van der Waals surface area contributed by atoms with Gasteiger partial charge < -0.3 is 14.4 Å². The molecule has 0 bridgehead atoms. The molecule has 0 amide bonds. The molecule has 1 heterocycles. The van der Waals surface area contributed by atoms with E-state index in [9.17, 15) is 0 Å². The van der Waals surface area contributed by atoms with Gasteiger partial charge in [-0.1, -0.05) is 6.07 Å². The highest BCUT2D eigenvalue weighted by molar-refractivity contribution is 5.45. The van der Waals surface area contributed by atoms with E-state index in [1.165, 1.54) is 7.11 Å². The number of methoxy groups -OCH3 is 1. The molecule has 0 atom stereocenters. The Kier molecular flexibility index (Phi) is 3.60. The number of aliphatic hydroxyl groups is 1. The van der Waals surface area contributed by atoms with Crippen molar-refractivity contribution in [3.05, 3.63) is 47.5 Å². The lowest BCUT2D eigenvalue weighted by atomic mass is 10.1. The van der Waals surface area contributed by atoms with E-state index in [0.717, 1.165) is 11.3 Å². The molecule has 1 N–H and O–H groups in total. The van der Waals surface area contributed by atoms with E-state index in [0.29, 0.717) is 17.9 Å². The summed E-state index contributed by atoms with van der Waals surface area (Å²) in [7, 11) is 1.54. The molecule has 2 rings (SSSR count). The predicted molar refractivity (Wildman–Crippen MR) is 65.0 cm³/mol. The van der Waals surface area contributed by atoms with E-state index >= 15 is 0 Å². The van der Waals surface area contributed by atoms with Gasteiger partial charge in [0.15, 0.2) is 0 Å². The molecule has 0 saturated heterocycles. The molecule has 2 aromatic rings. The Labute approximate surface area is 105 Å². The second-order valence-electron chi connectivity index (χ2n) is 3.82. The van der Waals surface area contributed by atoms with Crippen LogP contribution in [0.1, 0.15) is 16.8 Å². The van der Waals surface area contributed by atoms with Gasteiger partial charge in [0.05, 0.1) is 37.5 Å². The Morgan fingerprint density at radius 2 is 2.33 bits per heavy atom. The van der Waals surface area contributed by atoms with Crippen molar-refractivity contribution in [3.63, 3.8) is 0 Å². The summed E-state index contributed by atoms with van der Waals surface area (Å²) in [4.78, 5) is 3.98. The first-order valence-electron chi connectivity index (χ1n) is 5.45. The number of aromatic nitrogens is 2. The van der Waals surface area contributed by atoms with Crippen molar-refractivity contribution in [1.82, 2.24) is 9.55 Å². The van der Waals surface area contributed by atoms with Crippen molar-refractivity contribution < 1.29 is 9.84 Å². The van der Waals surface area contributed by atoms with Crippen LogP contribution in [0.4, 0.5) is 0 Å². The Morgan fingerprint density at radius 3 is 3.00 bits per heavy atom. The van der Waals surface area contributed by atoms with Crippen molar-refractivity contribution in [1.29, 1.82) is 5.26 Å². The Hall–Kier alpha value is -2.32. The third kappa shape index (κ3) is 2.34. The smallest absolute Gasteiger partial charge is 0.136 e. The summed E-state index contributed by atoms with van der Waals surface area (Å²) in [5.74, 6) is 0.556. The number of imidazole rings is 1. The minimum Gasteiger partial charge on any atom is -0.495 e. The summed E-state index contributed by atoms with van der Waals surface area (Å²) in [5, 5.41) is 18.0. The lowest BCUT2D eigenvalue weighted by Gasteiger charge is -2.09. The number of hydrogen-bond donors (Lipinski definition) is 1. The zero-order valence-corrected chi connectivity index (χ0v) is 10.00. The molecule has 0 aliphatic heterocycles. The third-order valence-electron chi connectivity index (χ3n) is 2.70. The van der Waals surface area contributed by atoms with E-state index < -0.39 is 0 Å². The van der Waals surface area contributed by atoms with Crippen LogP contribution >= 0.6 is 0 Å². The average Bonchev–Trinajstić information content (AvgIpc) is 2.85. The molecule has 0 fully saturated rings. The van der Waals surface area contributed by atoms with Crippen LogP contribution in [-0.2, 0) is 13.2 Å². The molecular formula is C13H13N3O2. The molecular weight excluding hydrogens is 230 g/mol. The fraction of sp³-hybridized carbons (Fsp3) is 0.231. The molecule has 92 valence electrons. The van der Waals surface area contributed by atoms with Crippen LogP contribution in [0.5, 0.6) is 5.75 Å². The lowest BCUT2D eigenvalue weighted by molar-refractivity contribution is 0.271. The normalized spacial score (nSPS) is 10.1. The maximum absolute atomic E-state index is 9.14. The molecule has 0 unspecified atom stereocenters. The van der Waals surface area contributed by atoms with Crippen molar-refractivity contribution in [2.45, 2.75) is 13.2 Å². The Morgan fingerprint density at radius 1 is 1.50 bits per heavy atom. The maximum Gasteiger partial charge on any atom is 0.136 e.